The van der Waals surface area contributed by atoms with Crippen LogP contribution in [-0.4, -0.2) is 49.2 Å². The molecule has 0 aromatic heterocycles. The summed E-state index contributed by atoms with van der Waals surface area (Å²) in [4.78, 5) is 12.0. The van der Waals surface area contributed by atoms with Gasteiger partial charge in [0.15, 0.2) is 0 Å². The summed E-state index contributed by atoms with van der Waals surface area (Å²) in [5.74, 6) is -0.444. The minimum atomic E-state index is -4.18. The Kier molecular flexibility index (Phi) is 4.15. The van der Waals surface area contributed by atoms with Gasteiger partial charge in [-0.3, -0.25) is 9.69 Å². The van der Waals surface area contributed by atoms with Crippen LogP contribution in [0.2, 0.25) is 0 Å². The van der Waals surface area contributed by atoms with E-state index in [1.165, 1.54) is 11.9 Å². The van der Waals surface area contributed by atoms with Crippen LogP contribution in [0.3, 0.4) is 0 Å². The molecule has 0 bridgehead atoms. The van der Waals surface area contributed by atoms with Gasteiger partial charge in [-0.2, -0.15) is 13.2 Å². The summed E-state index contributed by atoms with van der Waals surface area (Å²) >= 11 is 0. The lowest BCUT2D eigenvalue weighted by Gasteiger charge is -2.22. The van der Waals surface area contributed by atoms with Gasteiger partial charge in [0.1, 0.15) is 0 Å². The fourth-order valence-corrected chi connectivity index (χ4v) is 1.93. The Morgan fingerprint density at radius 3 is 2.56 bits per heavy atom. The second-order valence-electron chi connectivity index (χ2n) is 4.21. The zero-order valence-electron chi connectivity index (χ0n) is 9.05. The van der Waals surface area contributed by atoms with E-state index < -0.39 is 24.7 Å². The zero-order valence-corrected chi connectivity index (χ0v) is 9.05. The summed E-state index contributed by atoms with van der Waals surface area (Å²) in [7, 11) is 1.41. The highest BCUT2D eigenvalue weighted by atomic mass is 19.4. The molecule has 0 radical (unpaired) electrons. The topological polar surface area (TPSA) is 58.4 Å². The quantitative estimate of drug-likeness (QED) is 0.730. The molecule has 4 nitrogen and oxygen atoms in total. The number of amides is 1. The molecule has 3 N–H and O–H groups in total. The molecule has 2 atom stereocenters. The molecule has 1 aliphatic rings. The van der Waals surface area contributed by atoms with Crippen LogP contribution in [0.25, 0.3) is 0 Å². The van der Waals surface area contributed by atoms with Crippen LogP contribution >= 0.6 is 0 Å². The Balaban J connectivity index is 2.31. The number of carbonyl (C=O) groups excluding carboxylic acids is 1. The Morgan fingerprint density at radius 1 is 1.50 bits per heavy atom. The number of hydrogen-bond donors (Lipinski definition) is 2. The zero-order chi connectivity index (χ0) is 12.3. The summed E-state index contributed by atoms with van der Waals surface area (Å²) < 4.78 is 36.1. The minimum Gasteiger partial charge on any atom is -0.368 e. The van der Waals surface area contributed by atoms with Crippen molar-refractivity contribution in [3.05, 3.63) is 0 Å². The Bertz CT molecular complexity index is 257. The SMILES string of the molecule is CN(CC1CCC(C(N)=O)N1)CC(F)(F)F. The van der Waals surface area contributed by atoms with Crippen LogP contribution in [0, 0.1) is 0 Å². The maximum absolute atomic E-state index is 12.0. The molecular weight excluding hydrogens is 223 g/mol. The number of primary amides is 1. The molecule has 1 amide bonds. The van der Waals surface area contributed by atoms with Crippen LogP contribution in [0.15, 0.2) is 0 Å². The van der Waals surface area contributed by atoms with E-state index in [1.807, 2.05) is 0 Å². The first-order valence-corrected chi connectivity index (χ1v) is 5.08. The van der Waals surface area contributed by atoms with Crippen LogP contribution in [0.4, 0.5) is 13.2 Å². The summed E-state index contributed by atoms with van der Waals surface area (Å²) in [6.45, 7) is -0.671. The largest absolute Gasteiger partial charge is 0.401 e. The summed E-state index contributed by atoms with van der Waals surface area (Å²) in [6, 6.07) is -0.492. The molecule has 94 valence electrons. The molecule has 0 aromatic rings. The molecule has 1 heterocycles. The number of hydrogen-bond acceptors (Lipinski definition) is 3. The van der Waals surface area contributed by atoms with Crippen molar-refractivity contribution in [1.82, 2.24) is 10.2 Å². The third-order valence-electron chi connectivity index (χ3n) is 2.57. The first-order chi connectivity index (χ1) is 7.28. The predicted molar refractivity (Wildman–Crippen MR) is 52.7 cm³/mol. The molecular formula is C9H16F3N3O. The Hall–Kier alpha value is -0.820. The van der Waals surface area contributed by atoms with E-state index in [1.54, 1.807) is 0 Å². The molecule has 0 saturated carbocycles. The molecule has 1 saturated heterocycles. The molecule has 0 spiro atoms. The van der Waals surface area contributed by atoms with Crippen molar-refractivity contribution in [2.75, 3.05) is 20.1 Å². The standard InChI is InChI=1S/C9H16F3N3O/c1-15(5-9(10,11)12)4-6-2-3-7(14-6)8(13)16/h6-7,14H,2-5H2,1H3,(H2,13,16). The molecule has 1 rings (SSSR count). The van der Waals surface area contributed by atoms with Gasteiger partial charge >= 0.3 is 6.18 Å². The van der Waals surface area contributed by atoms with Gasteiger partial charge in [-0.1, -0.05) is 0 Å². The van der Waals surface area contributed by atoms with Gasteiger partial charge in [0.05, 0.1) is 12.6 Å². The van der Waals surface area contributed by atoms with Gasteiger partial charge in [-0.25, -0.2) is 0 Å². The van der Waals surface area contributed by atoms with Crippen molar-refractivity contribution in [2.24, 2.45) is 5.73 Å². The van der Waals surface area contributed by atoms with E-state index >= 15 is 0 Å². The van der Waals surface area contributed by atoms with Crippen molar-refractivity contribution in [3.8, 4) is 0 Å². The first kappa shape index (κ1) is 13.2. The number of halogens is 3. The van der Waals surface area contributed by atoms with Crippen LogP contribution in [-0.2, 0) is 4.79 Å². The second-order valence-corrected chi connectivity index (χ2v) is 4.21. The molecule has 16 heavy (non-hydrogen) atoms. The van der Waals surface area contributed by atoms with Crippen LogP contribution < -0.4 is 11.1 Å². The molecule has 0 aromatic carbocycles. The fraction of sp³-hybridized carbons (Fsp3) is 0.889. The number of carbonyl (C=O) groups is 1. The number of rotatable bonds is 4. The van der Waals surface area contributed by atoms with E-state index in [0.29, 0.717) is 12.8 Å². The maximum Gasteiger partial charge on any atom is 0.401 e. The smallest absolute Gasteiger partial charge is 0.368 e. The predicted octanol–water partition coefficient (Wildman–Crippen LogP) is 0.0864. The molecule has 0 aliphatic carbocycles. The third kappa shape index (κ3) is 4.36. The minimum absolute atomic E-state index is 0.0927. The van der Waals surface area contributed by atoms with E-state index in [0.717, 1.165) is 0 Å². The van der Waals surface area contributed by atoms with E-state index in [-0.39, 0.29) is 12.6 Å². The van der Waals surface area contributed by atoms with Gasteiger partial charge in [0.2, 0.25) is 5.91 Å². The average Bonchev–Trinajstić information content (AvgIpc) is 2.48. The number of nitrogens with one attached hydrogen (secondary N) is 1. The highest BCUT2D eigenvalue weighted by Crippen LogP contribution is 2.17. The van der Waals surface area contributed by atoms with Gasteiger partial charge in [0, 0.05) is 12.6 Å². The van der Waals surface area contributed by atoms with E-state index in [4.69, 9.17) is 5.73 Å². The summed E-state index contributed by atoms with van der Waals surface area (Å²) in [6.07, 6.45) is -2.91. The van der Waals surface area contributed by atoms with Gasteiger partial charge in [-0.15, -0.1) is 0 Å². The van der Waals surface area contributed by atoms with Gasteiger partial charge < -0.3 is 11.1 Å². The van der Waals surface area contributed by atoms with Gasteiger partial charge in [-0.05, 0) is 19.9 Å². The highest BCUT2D eigenvalue weighted by Gasteiger charge is 2.32. The van der Waals surface area contributed by atoms with E-state index in [2.05, 4.69) is 5.32 Å². The fourth-order valence-electron chi connectivity index (χ4n) is 1.93. The Labute approximate surface area is 92.0 Å². The lowest BCUT2D eigenvalue weighted by molar-refractivity contribution is -0.143. The van der Waals surface area contributed by atoms with Crippen molar-refractivity contribution in [3.63, 3.8) is 0 Å². The van der Waals surface area contributed by atoms with Crippen molar-refractivity contribution >= 4 is 5.91 Å². The first-order valence-electron chi connectivity index (χ1n) is 5.08. The average molecular weight is 239 g/mol. The molecule has 7 heteroatoms. The molecule has 1 fully saturated rings. The summed E-state index contributed by atoms with van der Waals surface area (Å²) in [5, 5.41) is 2.92. The van der Waals surface area contributed by atoms with Crippen molar-refractivity contribution < 1.29 is 18.0 Å². The Morgan fingerprint density at radius 2 is 2.12 bits per heavy atom. The number of alkyl halides is 3. The monoisotopic (exact) mass is 239 g/mol. The second kappa shape index (κ2) is 5.01. The van der Waals surface area contributed by atoms with Crippen molar-refractivity contribution in [1.29, 1.82) is 0 Å². The van der Waals surface area contributed by atoms with Crippen LogP contribution in [0.5, 0.6) is 0 Å². The number of nitrogens with zero attached hydrogens (tertiary/aromatic N) is 1. The molecule has 1 aliphatic heterocycles. The normalized spacial score (nSPS) is 26.3. The molecule has 2 unspecified atom stereocenters. The van der Waals surface area contributed by atoms with Crippen LogP contribution in [0.1, 0.15) is 12.8 Å². The number of nitrogens with two attached hydrogens (primary N) is 1. The highest BCUT2D eigenvalue weighted by molar-refractivity contribution is 5.80. The lowest BCUT2D eigenvalue weighted by atomic mass is 10.2. The number of likely N-dealkylation sites (N-methyl/N-ethyl adjacent to an activating group) is 1. The third-order valence-corrected chi connectivity index (χ3v) is 2.57. The van der Waals surface area contributed by atoms with E-state index in [9.17, 15) is 18.0 Å². The summed E-state index contributed by atoms with van der Waals surface area (Å²) in [5.41, 5.74) is 5.10. The lowest BCUT2D eigenvalue weighted by Crippen LogP contribution is -2.45. The van der Waals surface area contributed by atoms with Crippen molar-refractivity contribution in [2.45, 2.75) is 31.1 Å². The maximum atomic E-state index is 12.0. The van der Waals surface area contributed by atoms with Gasteiger partial charge in [0.25, 0.3) is 0 Å².